The second-order valence-corrected chi connectivity index (χ2v) is 10.7. The molecule has 0 aromatic heterocycles. The number of benzene rings is 3. The zero-order valence-corrected chi connectivity index (χ0v) is 23.4. The normalized spacial score (nSPS) is 14.9. The minimum Gasteiger partial charge on any atom is -0.450 e. The Labute approximate surface area is 231 Å². The van der Waals surface area contributed by atoms with Crippen LogP contribution in [0, 0.1) is 13.8 Å². The van der Waals surface area contributed by atoms with Gasteiger partial charge in [0.1, 0.15) is 0 Å². The van der Waals surface area contributed by atoms with Gasteiger partial charge in [-0.3, -0.25) is 0 Å². The summed E-state index contributed by atoms with van der Waals surface area (Å²) in [5.74, 6) is 0.154. The lowest BCUT2D eigenvalue weighted by Crippen LogP contribution is -2.52. The molecule has 1 aliphatic heterocycles. The van der Waals surface area contributed by atoms with Crippen LogP contribution in [-0.2, 0) is 4.74 Å². The van der Waals surface area contributed by atoms with Crippen LogP contribution in [0.25, 0.3) is 0 Å². The van der Waals surface area contributed by atoms with E-state index in [1.165, 1.54) is 16.5 Å². The van der Waals surface area contributed by atoms with Crippen molar-refractivity contribution >= 4 is 46.9 Å². The number of ether oxygens (including phenoxy) is 1. The van der Waals surface area contributed by atoms with E-state index in [0.717, 1.165) is 40.6 Å². The van der Waals surface area contributed by atoms with Gasteiger partial charge >= 0.3 is 6.09 Å². The number of carbonyl (C=O) groups excluding carboxylic acids is 1. The van der Waals surface area contributed by atoms with Crippen molar-refractivity contribution in [3.8, 4) is 0 Å². The van der Waals surface area contributed by atoms with Gasteiger partial charge in [-0.1, -0.05) is 94.3 Å². The summed E-state index contributed by atoms with van der Waals surface area (Å²) in [6.45, 7) is 8.57. The predicted octanol–water partition coefficient (Wildman–Crippen LogP) is 5.75. The number of halogens is 2. The van der Waals surface area contributed by atoms with Crippen molar-refractivity contribution in [2.24, 2.45) is 0 Å². The van der Waals surface area contributed by atoms with Crippen molar-refractivity contribution in [2.75, 3.05) is 26.2 Å². The maximum atomic E-state index is 12.1. The summed E-state index contributed by atoms with van der Waals surface area (Å²) in [5.41, 5.74) is 5.73. The van der Waals surface area contributed by atoms with E-state index < -0.39 is 0 Å². The molecule has 0 saturated carbocycles. The van der Waals surface area contributed by atoms with Crippen molar-refractivity contribution < 1.29 is 9.53 Å². The van der Waals surface area contributed by atoms with Gasteiger partial charge in [-0.25, -0.2) is 4.79 Å². The molecule has 1 unspecified atom stereocenters. The monoisotopic (exact) mass is 536 g/mol. The first-order valence-corrected chi connectivity index (χ1v) is 13.8. The average molecular weight is 537 g/mol. The summed E-state index contributed by atoms with van der Waals surface area (Å²) in [6, 6.07) is 23.8. The van der Waals surface area contributed by atoms with E-state index in [2.05, 4.69) is 72.0 Å². The van der Waals surface area contributed by atoms with Crippen LogP contribution < -0.4 is 16.2 Å². The number of hydrogen-bond acceptors (Lipinski definition) is 3. The highest BCUT2D eigenvalue weighted by Gasteiger charge is 2.32. The lowest BCUT2D eigenvalue weighted by atomic mass is 9.32. The van der Waals surface area contributed by atoms with Crippen LogP contribution >= 0.6 is 23.2 Å². The smallest absolute Gasteiger partial charge is 0.409 e. The molecule has 1 amide bonds. The SMILES string of the molecule is CCOC(=O)N1CCC(NCC(B(c2ccc(C)c(Cl)c2)c2ccc(C)c(Cl)c2)c2ccccc2)CC1. The van der Waals surface area contributed by atoms with Gasteiger partial charge in [0.2, 0.25) is 6.71 Å². The molecule has 1 atom stereocenters. The summed E-state index contributed by atoms with van der Waals surface area (Å²) in [7, 11) is 0. The Kier molecular flexibility index (Phi) is 9.58. The molecule has 3 aromatic carbocycles. The lowest BCUT2D eigenvalue weighted by Gasteiger charge is -2.34. The molecule has 1 aliphatic rings. The quantitative estimate of drug-likeness (QED) is 0.372. The molecule has 0 aliphatic carbocycles. The number of rotatable bonds is 8. The van der Waals surface area contributed by atoms with Gasteiger partial charge in [-0.05, 0) is 69.2 Å². The van der Waals surface area contributed by atoms with Gasteiger partial charge in [-0.15, -0.1) is 0 Å². The molecule has 37 heavy (non-hydrogen) atoms. The highest BCUT2D eigenvalue weighted by molar-refractivity contribution is 6.86. The van der Waals surface area contributed by atoms with Crippen LogP contribution in [0.4, 0.5) is 4.79 Å². The number of nitrogens with one attached hydrogen (secondary N) is 1. The molecular formula is C30H35BCl2N2O2. The molecule has 3 aromatic rings. The Bertz CT molecular complexity index is 1150. The average Bonchev–Trinajstić information content (AvgIpc) is 2.91. The summed E-state index contributed by atoms with van der Waals surface area (Å²) in [6.07, 6.45) is 1.59. The van der Waals surface area contributed by atoms with E-state index in [1.54, 1.807) is 0 Å². The number of piperidine rings is 1. The van der Waals surface area contributed by atoms with Gasteiger partial charge in [0, 0.05) is 29.2 Å². The third-order valence-electron chi connectivity index (χ3n) is 7.39. The maximum absolute atomic E-state index is 12.1. The van der Waals surface area contributed by atoms with E-state index in [-0.39, 0.29) is 18.6 Å². The van der Waals surface area contributed by atoms with E-state index in [0.29, 0.717) is 25.7 Å². The fourth-order valence-electron chi connectivity index (χ4n) is 5.17. The topological polar surface area (TPSA) is 41.6 Å². The molecule has 4 nitrogen and oxygen atoms in total. The van der Waals surface area contributed by atoms with Crippen LogP contribution in [0.2, 0.25) is 10.0 Å². The molecule has 1 saturated heterocycles. The third-order valence-corrected chi connectivity index (χ3v) is 8.20. The standard InChI is InChI=1S/C30H35BCl2N2O2/c1-4-37-30(36)35-16-14-26(15-17-35)34-20-27(23-8-6-5-7-9-23)31(24-12-10-21(2)28(32)18-24)25-13-11-22(3)29(33)19-25/h5-13,18-19,26-27,34H,4,14-17,20H2,1-3H3. The van der Waals surface area contributed by atoms with E-state index in [9.17, 15) is 4.79 Å². The highest BCUT2D eigenvalue weighted by Crippen LogP contribution is 2.23. The summed E-state index contributed by atoms with van der Waals surface area (Å²) >= 11 is 13.3. The first-order chi connectivity index (χ1) is 17.9. The van der Waals surface area contributed by atoms with Crippen molar-refractivity contribution in [3.63, 3.8) is 0 Å². The van der Waals surface area contributed by atoms with E-state index >= 15 is 0 Å². The summed E-state index contributed by atoms with van der Waals surface area (Å²) in [4.78, 5) is 13.9. The number of amides is 1. The largest absolute Gasteiger partial charge is 0.450 e. The molecule has 0 radical (unpaired) electrons. The zero-order valence-electron chi connectivity index (χ0n) is 21.8. The second kappa shape index (κ2) is 12.9. The minimum atomic E-state index is -0.212. The first-order valence-electron chi connectivity index (χ1n) is 13.1. The molecule has 194 valence electrons. The van der Waals surface area contributed by atoms with E-state index in [4.69, 9.17) is 27.9 Å². The molecule has 7 heteroatoms. The zero-order chi connectivity index (χ0) is 26.4. The fraction of sp³-hybridized carbons (Fsp3) is 0.367. The minimum absolute atomic E-state index is 0.0609. The number of nitrogens with zero attached hydrogens (tertiary/aromatic N) is 1. The van der Waals surface area contributed by atoms with E-state index in [1.807, 2.05) is 25.7 Å². The van der Waals surface area contributed by atoms with Gasteiger partial charge < -0.3 is 15.0 Å². The first kappa shape index (κ1) is 27.6. The Morgan fingerprint density at radius 2 is 1.54 bits per heavy atom. The fourth-order valence-corrected chi connectivity index (χ4v) is 5.54. The number of hydrogen-bond donors (Lipinski definition) is 1. The van der Waals surface area contributed by atoms with Crippen molar-refractivity contribution in [2.45, 2.75) is 45.5 Å². The Balaban J connectivity index is 1.63. The molecule has 1 fully saturated rings. The Hall–Kier alpha value is -2.47. The van der Waals surface area contributed by atoms with Gasteiger partial charge in [-0.2, -0.15) is 0 Å². The Morgan fingerprint density at radius 3 is 2.05 bits per heavy atom. The molecule has 1 heterocycles. The maximum Gasteiger partial charge on any atom is 0.409 e. The van der Waals surface area contributed by atoms with Crippen molar-refractivity contribution in [1.29, 1.82) is 0 Å². The third kappa shape index (κ3) is 6.90. The predicted molar refractivity (Wildman–Crippen MR) is 156 cm³/mol. The van der Waals surface area contributed by atoms with Crippen LogP contribution in [0.1, 0.15) is 42.3 Å². The van der Waals surface area contributed by atoms with Crippen LogP contribution in [-0.4, -0.2) is 50.0 Å². The lowest BCUT2D eigenvalue weighted by molar-refractivity contribution is 0.0951. The van der Waals surface area contributed by atoms with Gasteiger partial charge in [0.05, 0.1) is 6.61 Å². The molecule has 0 spiro atoms. The number of aryl methyl sites for hydroxylation is 2. The number of carbonyl (C=O) groups is 1. The second-order valence-electron chi connectivity index (χ2n) is 9.88. The number of likely N-dealkylation sites (tertiary alicyclic amines) is 1. The van der Waals surface area contributed by atoms with Crippen LogP contribution in [0.15, 0.2) is 66.7 Å². The summed E-state index contributed by atoms with van der Waals surface area (Å²) < 4.78 is 5.18. The molecule has 1 N–H and O–H groups in total. The van der Waals surface area contributed by atoms with Crippen molar-refractivity contribution in [1.82, 2.24) is 10.2 Å². The highest BCUT2D eigenvalue weighted by atomic mass is 35.5. The molecule has 4 rings (SSSR count). The Morgan fingerprint density at radius 1 is 0.973 bits per heavy atom. The summed E-state index contributed by atoms with van der Waals surface area (Å²) in [5, 5.41) is 5.38. The van der Waals surface area contributed by atoms with Crippen molar-refractivity contribution in [3.05, 3.63) is 93.5 Å². The van der Waals surface area contributed by atoms with Crippen LogP contribution in [0.5, 0.6) is 0 Å². The van der Waals surface area contributed by atoms with Gasteiger partial charge in [0.15, 0.2) is 0 Å². The molecular weight excluding hydrogens is 502 g/mol. The van der Waals surface area contributed by atoms with Gasteiger partial charge in [0.25, 0.3) is 0 Å². The molecule has 0 bridgehead atoms. The van der Waals surface area contributed by atoms with Crippen LogP contribution in [0.3, 0.4) is 0 Å².